The second-order valence-corrected chi connectivity index (χ2v) is 10.2. The van der Waals surface area contributed by atoms with Gasteiger partial charge in [-0.2, -0.15) is 0 Å². The number of furan rings is 1. The molecule has 3 nitrogen and oxygen atoms in total. The van der Waals surface area contributed by atoms with Crippen LogP contribution in [-0.4, -0.2) is 9.55 Å². The Kier molecular flexibility index (Phi) is 4.40. The number of hydrogen-bond donors (Lipinski definition) is 0. The third-order valence-corrected chi connectivity index (χ3v) is 7.53. The lowest BCUT2D eigenvalue weighted by molar-refractivity contribution is 0.535. The summed E-state index contributed by atoms with van der Waals surface area (Å²) in [5.74, 6) is 0. The number of benzene rings is 3. The summed E-state index contributed by atoms with van der Waals surface area (Å²) in [7, 11) is 0. The first-order valence-corrected chi connectivity index (χ1v) is 12.4. The third-order valence-electron chi connectivity index (χ3n) is 7.53. The zero-order valence-corrected chi connectivity index (χ0v) is 20.5. The Morgan fingerprint density at radius 1 is 0.889 bits per heavy atom. The first-order valence-electron chi connectivity index (χ1n) is 12.4. The van der Waals surface area contributed by atoms with Gasteiger partial charge in [0, 0.05) is 45.2 Å². The van der Waals surface area contributed by atoms with Crippen LogP contribution in [-0.2, 0) is 5.41 Å². The van der Waals surface area contributed by atoms with Gasteiger partial charge in [0.15, 0.2) is 0 Å². The van der Waals surface area contributed by atoms with Crippen LogP contribution in [0.15, 0.2) is 108 Å². The number of allylic oxidation sites excluding steroid dienone is 5. The molecule has 0 aliphatic heterocycles. The fraction of sp³-hybridized carbons (Fsp3) is 0.121. The summed E-state index contributed by atoms with van der Waals surface area (Å²) in [6, 6.07) is 21.3. The van der Waals surface area contributed by atoms with Gasteiger partial charge in [-0.05, 0) is 47.2 Å². The Morgan fingerprint density at radius 2 is 1.64 bits per heavy atom. The molecule has 174 valence electrons. The summed E-state index contributed by atoms with van der Waals surface area (Å²) < 4.78 is 9.10. The van der Waals surface area contributed by atoms with Gasteiger partial charge in [-0.15, -0.1) is 0 Å². The SMILES string of the molecule is C=C1/C=C\C=C/CC(C)(C)c2c1c1oc3ccccc3c1c1c3ccccc3n(-c3ccncc3)c21. The molecule has 6 aromatic rings. The van der Waals surface area contributed by atoms with E-state index in [-0.39, 0.29) is 5.41 Å². The van der Waals surface area contributed by atoms with Crippen LogP contribution in [0.3, 0.4) is 0 Å². The number of pyridine rings is 1. The van der Waals surface area contributed by atoms with E-state index in [1.807, 2.05) is 18.5 Å². The second kappa shape index (κ2) is 7.56. The van der Waals surface area contributed by atoms with Gasteiger partial charge in [0.2, 0.25) is 0 Å². The van der Waals surface area contributed by atoms with Gasteiger partial charge in [-0.3, -0.25) is 4.98 Å². The van der Waals surface area contributed by atoms with Crippen molar-refractivity contribution in [3.05, 3.63) is 115 Å². The van der Waals surface area contributed by atoms with Gasteiger partial charge in [-0.1, -0.05) is 81.1 Å². The standard InChI is InChI=1S/C33H26N2O/c1-21-11-5-4-10-18-33(2,3)30-27(21)32-29(24-13-7-9-15-26(24)36-32)28-23-12-6-8-14-25(23)35(31(28)30)22-16-19-34-20-17-22/h4-17,19-20H,1,18H2,2-3H3/b10-4-,11-5-. The average Bonchev–Trinajstić information content (AvgIpc) is 3.44. The number of aromatic nitrogens is 2. The van der Waals surface area contributed by atoms with Crippen molar-refractivity contribution in [2.75, 3.05) is 0 Å². The lowest BCUT2D eigenvalue weighted by atomic mass is 9.76. The molecule has 0 fully saturated rings. The van der Waals surface area contributed by atoms with Gasteiger partial charge in [-0.25, -0.2) is 0 Å². The van der Waals surface area contributed by atoms with Gasteiger partial charge < -0.3 is 8.98 Å². The molecule has 3 heterocycles. The summed E-state index contributed by atoms with van der Waals surface area (Å²) >= 11 is 0. The van der Waals surface area contributed by atoms with Gasteiger partial charge in [0.05, 0.1) is 11.0 Å². The third kappa shape index (κ3) is 2.83. The van der Waals surface area contributed by atoms with Crippen molar-refractivity contribution < 1.29 is 4.42 Å². The zero-order chi connectivity index (χ0) is 24.4. The molecule has 0 atom stereocenters. The van der Waals surface area contributed by atoms with Crippen molar-refractivity contribution in [3.63, 3.8) is 0 Å². The highest BCUT2D eigenvalue weighted by Gasteiger charge is 2.33. The highest BCUT2D eigenvalue weighted by atomic mass is 16.3. The number of hydrogen-bond acceptors (Lipinski definition) is 2. The van der Waals surface area contributed by atoms with E-state index >= 15 is 0 Å². The summed E-state index contributed by atoms with van der Waals surface area (Å²) in [6.45, 7) is 9.21. The minimum Gasteiger partial charge on any atom is -0.455 e. The van der Waals surface area contributed by atoms with Crippen molar-refractivity contribution in [3.8, 4) is 5.69 Å². The molecule has 3 aromatic heterocycles. The van der Waals surface area contributed by atoms with Crippen LogP contribution in [0.4, 0.5) is 0 Å². The molecule has 0 radical (unpaired) electrons. The van der Waals surface area contributed by atoms with E-state index < -0.39 is 0 Å². The molecule has 0 unspecified atom stereocenters. The van der Waals surface area contributed by atoms with Crippen LogP contribution in [0.2, 0.25) is 0 Å². The van der Waals surface area contributed by atoms with Gasteiger partial charge in [0.1, 0.15) is 11.2 Å². The smallest absolute Gasteiger partial charge is 0.144 e. The van der Waals surface area contributed by atoms with E-state index in [9.17, 15) is 0 Å². The molecular weight excluding hydrogens is 440 g/mol. The van der Waals surface area contributed by atoms with E-state index in [2.05, 4.69) is 109 Å². The molecule has 0 bridgehead atoms. The van der Waals surface area contributed by atoms with E-state index in [1.165, 1.54) is 27.4 Å². The fourth-order valence-electron chi connectivity index (χ4n) is 5.96. The zero-order valence-electron chi connectivity index (χ0n) is 20.5. The minimum absolute atomic E-state index is 0.175. The molecule has 0 N–H and O–H groups in total. The van der Waals surface area contributed by atoms with Crippen LogP contribution in [0.5, 0.6) is 0 Å². The maximum atomic E-state index is 6.69. The second-order valence-electron chi connectivity index (χ2n) is 10.2. The largest absolute Gasteiger partial charge is 0.455 e. The molecule has 0 saturated heterocycles. The van der Waals surface area contributed by atoms with Gasteiger partial charge >= 0.3 is 0 Å². The van der Waals surface area contributed by atoms with Crippen molar-refractivity contribution in [2.24, 2.45) is 0 Å². The van der Waals surface area contributed by atoms with Crippen LogP contribution in [0.25, 0.3) is 55.0 Å². The Balaban J connectivity index is 1.87. The van der Waals surface area contributed by atoms with Crippen LogP contribution < -0.4 is 0 Å². The molecule has 7 rings (SSSR count). The van der Waals surface area contributed by atoms with Gasteiger partial charge in [0.25, 0.3) is 0 Å². The van der Waals surface area contributed by atoms with E-state index in [4.69, 9.17) is 4.42 Å². The van der Waals surface area contributed by atoms with Crippen molar-refractivity contribution in [1.29, 1.82) is 0 Å². The Morgan fingerprint density at radius 3 is 2.47 bits per heavy atom. The molecule has 0 amide bonds. The highest BCUT2D eigenvalue weighted by Crippen LogP contribution is 2.50. The summed E-state index contributed by atoms with van der Waals surface area (Å²) in [6.07, 6.45) is 13.2. The minimum atomic E-state index is -0.175. The number of fused-ring (bicyclic) bond motifs is 10. The van der Waals surface area contributed by atoms with Crippen LogP contribution in [0.1, 0.15) is 31.4 Å². The van der Waals surface area contributed by atoms with E-state index in [1.54, 1.807) is 0 Å². The Labute approximate surface area is 209 Å². The average molecular weight is 467 g/mol. The first-order chi connectivity index (χ1) is 17.6. The predicted molar refractivity (Wildman–Crippen MR) is 151 cm³/mol. The Hall–Kier alpha value is -4.37. The lowest BCUT2D eigenvalue weighted by Crippen LogP contribution is -2.20. The van der Waals surface area contributed by atoms with Crippen molar-refractivity contribution >= 4 is 49.3 Å². The summed E-state index contributed by atoms with van der Waals surface area (Å²) in [4.78, 5) is 4.31. The normalized spacial score (nSPS) is 17.2. The predicted octanol–water partition coefficient (Wildman–Crippen LogP) is 8.88. The molecular formula is C33H26N2O. The van der Waals surface area contributed by atoms with Crippen LogP contribution in [0, 0.1) is 0 Å². The summed E-state index contributed by atoms with van der Waals surface area (Å²) in [5.41, 5.74) is 8.44. The van der Waals surface area contributed by atoms with E-state index in [0.717, 1.165) is 45.2 Å². The number of para-hydroxylation sites is 2. The van der Waals surface area contributed by atoms with Crippen molar-refractivity contribution in [2.45, 2.75) is 25.7 Å². The number of rotatable bonds is 1. The maximum Gasteiger partial charge on any atom is 0.144 e. The Bertz CT molecular complexity index is 1890. The number of nitrogens with zero attached hydrogens (tertiary/aromatic N) is 2. The molecule has 1 aliphatic rings. The summed E-state index contributed by atoms with van der Waals surface area (Å²) in [5, 5.41) is 4.73. The lowest BCUT2D eigenvalue weighted by Gasteiger charge is -2.29. The highest BCUT2D eigenvalue weighted by molar-refractivity contribution is 6.30. The monoisotopic (exact) mass is 466 g/mol. The molecule has 3 heteroatoms. The van der Waals surface area contributed by atoms with Crippen LogP contribution >= 0.6 is 0 Å². The molecule has 0 saturated carbocycles. The molecule has 1 aliphatic carbocycles. The molecule has 36 heavy (non-hydrogen) atoms. The maximum absolute atomic E-state index is 6.69. The quantitative estimate of drug-likeness (QED) is 0.242. The topological polar surface area (TPSA) is 31.0 Å². The molecule has 3 aromatic carbocycles. The molecule has 0 spiro atoms. The fourth-order valence-corrected chi connectivity index (χ4v) is 5.96. The van der Waals surface area contributed by atoms with Crippen molar-refractivity contribution in [1.82, 2.24) is 9.55 Å². The van der Waals surface area contributed by atoms with E-state index in [0.29, 0.717) is 0 Å². The first kappa shape index (κ1) is 21.0.